The summed E-state index contributed by atoms with van der Waals surface area (Å²) >= 11 is -0.716. The van der Waals surface area contributed by atoms with Crippen molar-refractivity contribution in [2.45, 2.75) is 12.2 Å². The van der Waals surface area contributed by atoms with E-state index in [-0.39, 0.29) is 6.61 Å². The Bertz CT molecular complexity index is 152. The highest BCUT2D eigenvalue weighted by molar-refractivity contribution is 7.96. The Morgan fingerprint density at radius 2 is 2.25 bits per heavy atom. The maximum Gasteiger partial charge on any atom is 0.415 e. The van der Waals surface area contributed by atoms with Gasteiger partial charge in [0, 0.05) is 0 Å². The Kier molecular flexibility index (Phi) is 5.06. The van der Waals surface area contributed by atoms with E-state index < -0.39 is 23.3 Å². The summed E-state index contributed by atoms with van der Waals surface area (Å²) in [6.07, 6.45) is 0. The molecule has 0 bridgehead atoms. The van der Waals surface area contributed by atoms with Crippen LogP contribution in [0.4, 0.5) is 8.78 Å². The maximum atomic E-state index is 12.3. The molecule has 0 aliphatic rings. The second-order valence-electron chi connectivity index (χ2n) is 1.46. The van der Waals surface area contributed by atoms with Crippen LogP contribution in [-0.4, -0.2) is 17.8 Å². The van der Waals surface area contributed by atoms with Crippen molar-refractivity contribution in [3.05, 3.63) is 0 Å². The minimum atomic E-state index is -3.93. The van der Waals surface area contributed by atoms with E-state index in [1.807, 2.05) is 0 Å². The maximum absolute atomic E-state index is 12.3. The average molecular weight is 203 g/mol. The molecule has 72 valence electrons. The van der Waals surface area contributed by atoms with Crippen LogP contribution >= 0.6 is 12.0 Å². The van der Waals surface area contributed by atoms with Crippen molar-refractivity contribution >= 4 is 18.0 Å². The number of carbonyl (C=O) groups excluding carboxylic acids is 1. The molecule has 0 aromatic heterocycles. The lowest BCUT2D eigenvalue weighted by Gasteiger charge is -2.12. The van der Waals surface area contributed by atoms with Gasteiger partial charge in [-0.3, -0.25) is 5.04 Å². The molecular weight excluding hydrogens is 198 g/mol. The first-order valence-electron chi connectivity index (χ1n) is 2.74. The fourth-order valence-electron chi connectivity index (χ4n) is 0.306. The highest BCUT2D eigenvalue weighted by atomic mass is 32.2. The first-order valence-corrected chi connectivity index (χ1v) is 3.48. The van der Waals surface area contributed by atoms with Crippen LogP contribution in [0.5, 0.6) is 0 Å². The van der Waals surface area contributed by atoms with E-state index in [0.29, 0.717) is 0 Å². The molecule has 0 radical (unpaired) electrons. The summed E-state index contributed by atoms with van der Waals surface area (Å²) in [5, 5.41) is 7.83. The smallest absolute Gasteiger partial charge is 0.415 e. The van der Waals surface area contributed by atoms with Crippen molar-refractivity contribution in [3.63, 3.8) is 0 Å². The van der Waals surface area contributed by atoms with E-state index in [1.165, 1.54) is 6.92 Å². The molecule has 0 spiro atoms. The number of hydrogen-bond donors (Lipinski definition) is 0. The summed E-state index contributed by atoms with van der Waals surface area (Å²) in [7, 11) is 0. The molecule has 0 saturated carbocycles. The first kappa shape index (κ1) is 11.6. The van der Waals surface area contributed by atoms with E-state index in [1.54, 1.807) is 0 Å². The van der Waals surface area contributed by atoms with Crippen LogP contribution in [0.15, 0.2) is 0 Å². The van der Waals surface area contributed by atoms with Crippen molar-refractivity contribution in [2.24, 2.45) is 0 Å². The molecule has 0 aliphatic heterocycles. The molecule has 0 atom stereocenters. The van der Waals surface area contributed by atoms with E-state index in [9.17, 15) is 13.6 Å². The standard InChI is InChI=1S/C4H6F2O5S/c1-2-9-3(7)4(5,6)12-11-10-8/h8H,2H2,1H3/p-1. The van der Waals surface area contributed by atoms with Crippen molar-refractivity contribution < 1.29 is 32.9 Å². The van der Waals surface area contributed by atoms with Gasteiger partial charge in [-0.25, -0.2) is 4.79 Å². The van der Waals surface area contributed by atoms with Gasteiger partial charge in [0.15, 0.2) is 0 Å². The normalized spacial score (nSPS) is 11.3. The van der Waals surface area contributed by atoms with Crippen molar-refractivity contribution in [2.75, 3.05) is 6.61 Å². The Morgan fingerprint density at radius 3 is 2.67 bits per heavy atom. The molecule has 0 heterocycles. The van der Waals surface area contributed by atoms with Crippen LogP contribution in [0.1, 0.15) is 6.92 Å². The highest BCUT2D eigenvalue weighted by Crippen LogP contribution is 2.30. The van der Waals surface area contributed by atoms with E-state index >= 15 is 0 Å². The lowest BCUT2D eigenvalue weighted by Crippen LogP contribution is -2.27. The Balaban J connectivity index is 3.90. The molecule has 0 N–H and O–H groups in total. The Morgan fingerprint density at radius 1 is 1.67 bits per heavy atom. The first-order chi connectivity index (χ1) is 5.54. The number of halogens is 2. The second-order valence-corrected chi connectivity index (χ2v) is 2.27. The number of alkyl halides is 2. The third-order valence-electron chi connectivity index (χ3n) is 0.680. The van der Waals surface area contributed by atoms with Gasteiger partial charge in [-0.15, -0.1) is 0 Å². The fourth-order valence-corrected chi connectivity index (χ4v) is 0.546. The van der Waals surface area contributed by atoms with Crippen LogP contribution < -0.4 is 5.26 Å². The molecule has 0 aromatic rings. The topological polar surface area (TPSA) is 67.8 Å². The third-order valence-corrected chi connectivity index (χ3v) is 1.18. The minimum absolute atomic E-state index is 0.187. The number of rotatable bonds is 5. The molecule has 0 rings (SSSR count). The van der Waals surface area contributed by atoms with Crippen LogP contribution in [0, 0.1) is 0 Å². The fraction of sp³-hybridized carbons (Fsp3) is 0.750. The van der Waals surface area contributed by atoms with Gasteiger partial charge < -0.3 is 9.99 Å². The quantitative estimate of drug-likeness (QED) is 0.271. The molecule has 0 fully saturated rings. The molecule has 0 saturated heterocycles. The molecule has 5 nitrogen and oxygen atoms in total. The summed E-state index contributed by atoms with van der Waals surface area (Å²) in [5.74, 6) is -1.79. The lowest BCUT2D eigenvalue weighted by molar-refractivity contribution is -0.777. The zero-order valence-electron chi connectivity index (χ0n) is 5.91. The zero-order valence-corrected chi connectivity index (χ0v) is 6.73. The highest BCUT2D eigenvalue weighted by Gasteiger charge is 2.43. The van der Waals surface area contributed by atoms with Gasteiger partial charge in [0.25, 0.3) is 0 Å². The van der Waals surface area contributed by atoms with Gasteiger partial charge in [-0.1, -0.05) is 0 Å². The van der Waals surface area contributed by atoms with E-state index in [0.717, 1.165) is 0 Å². The van der Waals surface area contributed by atoms with Crippen LogP contribution in [0.2, 0.25) is 0 Å². The summed E-state index contributed by atoms with van der Waals surface area (Å²) in [4.78, 5) is 10.3. The van der Waals surface area contributed by atoms with Crippen molar-refractivity contribution in [1.29, 1.82) is 0 Å². The summed E-state index contributed by atoms with van der Waals surface area (Å²) in [5.41, 5.74) is 0. The molecule has 0 unspecified atom stereocenters. The van der Waals surface area contributed by atoms with Gasteiger partial charge in [-0.2, -0.15) is 13.1 Å². The van der Waals surface area contributed by atoms with Crippen LogP contribution in [0.25, 0.3) is 0 Å². The average Bonchev–Trinajstić information content (AvgIpc) is 2.01. The molecule has 12 heavy (non-hydrogen) atoms. The molecule has 0 aromatic carbocycles. The van der Waals surface area contributed by atoms with Crippen LogP contribution in [0.3, 0.4) is 0 Å². The Labute approximate surface area is 70.7 Å². The van der Waals surface area contributed by atoms with Gasteiger partial charge >= 0.3 is 11.2 Å². The summed E-state index contributed by atoms with van der Waals surface area (Å²) in [6.45, 7) is 1.18. The molecular formula is C4H5F2O5S-. The molecule has 0 amide bonds. The predicted molar refractivity (Wildman–Crippen MR) is 31.3 cm³/mol. The third kappa shape index (κ3) is 3.81. The minimum Gasteiger partial charge on any atom is -0.691 e. The Hall–Kier alpha value is -0.440. The lowest BCUT2D eigenvalue weighted by atomic mass is 10.7. The second kappa shape index (κ2) is 5.25. The monoisotopic (exact) mass is 203 g/mol. The molecule has 0 aliphatic carbocycles. The van der Waals surface area contributed by atoms with E-state index in [2.05, 4.69) is 14.1 Å². The van der Waals surface area contributed by atoms with Crippen LogP contribution in [-0.2, 0) is 18.9 Å². The number of ether oxygens (including phenoxy) is 1. The predicted octanol–water partition coefficient (Wildman–Crippen LogP) is 0.0140. The number of hydrogen-bond acceptors (Lipinski definition) is 6. The number of esters is 1. The van der Waals surface area contributed by atoms with Gasteiger partial charge in [0.05, 0.1) is 6.61 Å². The largest absolute Gasteiger partial charge is 0.691 e. The SMILES string of the molecule is CCOC(=O)C(F)(F)SOO[O-]. The van der Waals surface area contributed by atoms with Crippen molar-refractivity contribution in [3.8, 4) is 0 Å². The van der Waals surface area contributed by atoms with Gasteiger partial charge in [0.2, 0.25) is 0 Å². The van der Waals surface area contributed by atoms with E-state index in [4.69, 9.17) is 5.26 Å². The zero-order chi connectivity index (χ0) is 9.61. The summed E-state index contributed by atoms with van der Waals surface area (Å²) < 4.78 is 31.9. The number of carbonyl (C=O) groups is 1. The van der Waals surface area contributed by atoms with Gasteiger partial charge in [-0.05, 0) is 6.92 Å². The van der Waals surface area contributed by atoms with Crippen molar-refractivity contribution in [1.82, 2.24) is 0 Å². The molecule has 8 heteroatoms. The summed E-state index contributed by atoms with van der Waals surface area (Å²) in [6, 6.07) is 0. The van der Waals surface area contributed by atoms with Gasteiger partial charge in [0.1, 0.15) is 12.0 Å².